The van der Waals surface area contributed by atoms with E-state index in [0.29, 0.717) is 6.04 Å². The van der Waals surface area contributed by atoms with Crippen molar-refractivity contribution >= 4 is 6.09 Å². The molecule has 1 fully saturated rings. The first-order chi connectivity index (χ1) is 10.7. The van der Waals surface area contributed by atoms with E-state index < -0.39 is 0 Å². The van der Waals surface area contributed by atoms with Gasteiger partial charge in [0, 0.05) is 18.6 Å². The highest BCUT2D eigenvalue weighted by molar-refractivity contribution is 5.67. The van der Waals surface area contributed by atoms with Gasteiger partial charge in [-0.2, -0.15) is 0 Å². The molecule has 0 aromatic carbocycles. The number of ether oxygens (including phenoxy) is 1. The van der Waals surface area contributed by atoms with Crippen molar-refractivity contribution in [1.82, 2.24) is 10.2 Å². The first kappa shape index (κ1) is 19.3. The number of likely N-dealkylation sites (tertiary alicyclic amines) is 1. The maximum absolute atomic E-state index is 11.4. The second-order valence-corrected chi connectivity index (χ2v) is 6.62. The number of methoxy groups -OCH3 is 1. The van der Waals surface area contributed by atoms with Gasteiger partial charge in [-0.05, 0) is 32.2 Å². The molecule has 0 aliphatic carbocycles. The molecule has 1 unspecified atom stereocenters. The molecule has 1 heterocycles. The van der Waals surface area contributed by atoms with Crippen LogP contribution in [0, 0.1) is 0 Å². The molecule has 0 saturated carbocycles. The third kappa shape index (κ3) is 7.48. The molecule has 130 valence electrons. The Bertz CT molecular complexity index is 297. The summed E-state index contributed by atoms with van der Waals surface area (Å²) in [5.41, 5.74) is 0. The lowest BCUT2D eigenvalue weighted by Crippen LogP contribution is -2.51. The van der Waals surface area contributed by atoms with Crippen LogP contribution in [0.2, 0.25) is 0 Å². The van der Waals surface area contributed by atoms with Crippen molar-refractivity contribution in [3.05, 3.63) is 0 Å². The van der Waals surface area contributed by atoms with Crippen molar-refractivity contribution in [3.8, 4) is 0 Å². The maximum atomic E-state index is 11.4. The average Bonchev–Trinajstić information content (AvgIpc) is 2.53. The Morgan fingerprint density at radius 1 is 1.18 bits per heavy atom. The van der Waals surface area contributed by atoms with Crippen LogP contribution in [0.5, 0.6) is 0 Å². The fraction of sp³-hybridized carbons (Fsp3) is 0.944. The second kappa shape index (κ2) is 11.8. The standard InChI is InChI=1S/C18H36N2O2/c1-4-6-7-8-9-13-17(11-5-2)20-14-10-12-16(15-20)19-18(21)22-3/h16-17H,4-15H2,1-3H3,(H,19,21)/t16-,17?/m1/s1. The lowest BCUT2D eigenvalue weighted by Gasteiger charge is -2.38. The Hall–Kier alpha value is -0.770. The smallest absolute Gasteiger partial charge is 0.407 e. The van der Waals surface area contributed by atoms with Crippen LogP contribution in [-0.4, -0.2) is 43.3 Å². The number of alkyl carbamates (subject to hydrolysis) is 1. The molecule has 4 heteroatoms. The molecule has 1 aliphatic heterocycles. The zero-order chi connectivity index (χ0) is 16.2. The molecule has 1 aliphatic rings. The van der Waals surface area contributed by atoms with E-state index in [4.69, 9.17) is 4.74 Å². The molecule has 4 nitrogen and oxygen atoms in total. The quantitative estimate of drug-likeness (QED) is 0.610. The first-order valence-corrected chi connectivity index (χ1v) is 9.29. The van der Waals surface area contributed by atoms with Crippen molar-refractivity contribution in [2.45, 2.75) is 90.1 Å². The van der Waals surface area contributed by atoms with E-state index in [1.54, 1.807) is 0 Å². The number of nitrogens with one attached hydrogen (secondary N) is 1. The van der Waals surface area contributed by atoms with Crippen LogP contribution < -0.4 is 5.32 Å². The van der Waals surface area contributed by atoms with Gasteiger partial charge >= 0.3 is 6.09 Å². The SMILES string of the molecule is CCCCCCCC(CCC)N1CCC[C@@H](NC(=O)OC)C1. The van der Waals surface area contributed by atoms with Gasteiger partial charge in [0.25, 0.3) is 0 Å². The normalized spacial score (nSPS) is 20.6. The lowest BCUT2D eigenvalue weighted by atomic mass is 9.97. The van der Waals surface area contributed by atoms with E-state index in [1.165, 1.54) is 71.4 Å². The fourth-order valence-corrected chi connectivity index (χ4v) is 3.51. The highest BCUT2D eigenvalue weighted by Gasteiger charge is 2.26. The van der Waals surface area contributed by atoms with Gasteiger partial charge in [0.15, 0.2) is 0 Å². The first-order valence-electron chi connectivity index (χ1n) is 9.29. The lowest BCUT2D eigenvalue weighted by molar-refractivity contribution is 0.113. The number of nitrogens with zero attached hydrogens (tertiary/aromatic N) is 1. The van der Waals surface area contributed by atoms with Crippen LogP contribution in [0.1, 0.15) is 78.1 Å². The fourth-order valence-electron chi connectivity index (χ4n) is 3.51. The summed E-state index contributed by atoms with van der Waals surface area (Å²) in [6.45, 7) is 6.70. The van der Waals surface area contributed by atoms with Crippen molar-refractivity contribution in [2.24, 2.45) is 0 Å². The molecule has 0 aromatic rings. The summed E-state index contributed by atoms with van der Waals surface area (Å²) < 4.78 is 4.73. The van der Waals surface area contributed by atoms with E-state index >= 15 is 0 Å². The number of unbranched alkanes of at least 4 members (excludes halogenated alkanes) is 4. The van der Waals surface area contributed by atoms with Gasteiger partial charge in [0.1, 0.15) is 0 Å². The highest BCUT2D eigenvalue weighted by Crippen LogP contribution is 2.21. The third-order valence-corrected chi connectivity index (χ3v) is 4.74. The molecule has 1 N–H and O–H groups in total. The van der Waals surface area contributed by atoms with Crippen molar-refractivity contribution in [1.29, 1.82) is 0 Å². The van der Waals surface area contributed by atoms with Crippen LogP contribution in [0.3, 0.4) is 0 Å². The molecular formula is C18H36N2O2. The summed E-state index contributed by atoms with van der Waals surface area (Å²) in [6, 6.07) is 0.939. The van der Waals surface area contributed by atoms with Crippen LogP contribution in [0.25, 0.3) is 0 Å². The molecule has 22 heavy (non-hydrogen) atoms. The monoisotopic (exact) mass is 312 g/mol. The van der Waals surface area contributed by atoms with Crippen molar-refractivity contribution in [2.75, 3.05) is 20.2 Å². The Labute approximate surface area is 137 Å². The number of amides is 1. The van der Waals surface area contributed by atoms with Gasteiger partial charge in [0.05, 0.1) is 7.11 Å². The van der Waals surface area contributed by atoms with E-state index in [9.17, 15) is 4.79 Å². The number of hydrogen-bond donors (Lipinski definition) is 1. The molecular weight excluding hydrogens is 276 g/mol. The van der Waals surface area contributed by atoms with E-state index in [-0.39, 0.29) is 12.1 Å². The number of hydrogen-bond acceptors (Lipinski definition) is 3. The average molecular weight is 312 g/mol. The molecule has 1 rings (SSSR count). The maximum Gasteiger partial charge on any atom is 0.407 e. The zero-order valence-electron chi connectivity index (χ0n) is 14.9. The zero-order valence-corrected chi connectivity index (χ0v) is 14.9. The number of piperidine rings is 1. The summed E-state index contributed by atoms with van der Waals surface area (Å²) in [6.07, 6.45) is 12.5. The summed E-state index contributed by atoms with van der Waals surface area (Å²) in [5, 5.41) is 2.98. The van der Waals surface area contributed by atoms with Crippen LogP contribution >= 0.6 is 0 Å². The van der Waals surface area contributed by atoms with Crippen molar-refractivity contribution in [3.63, 3.8) is 0 Å². The summed E-state index contributed by atoms with van der Waals surface area (Å²) >= 11 is 0. The van der Waals surface area contributed by atoms with Gasteiger partial charge < -0.3 is 10.1 Å². The molecule has 1 saturated heterocycles. The Balaban J connectivity index is 2.38. The van der Waals surface area contributed by atoms with Gasteiger partial charge in [-0.3, -0.25) is 4.90 Å². The molecule has 0 aromatic heterocycles. The minimum absolute atomic E-state index is 0.251. The third-order valence-electron chi connectivity index (χ3n) is 4.74. The Morgan fingerprint density at radius 2 is 1.95 bits per heavy atom. The summed E-state index contributed by atoms with van der Waals surface area (Å²) in [4.78, 5) is 14.0. The summed E-state index contributed by atoms with van der Waals surface area (Å²) in [7, 11) is 1.44. The van der Waals surface area contributed by atoms with Gasteiger partial charge in [0.2, 0.25) is 0 Å². The highest BCUT2D eigenvalue weighted by atomic mass is 16.5. The van der Waals surface area contributed by atoms with Gasteiger partial charge in [-0.15, -0.1) is 0 Å². The van der Waals surface area contributed by atoms with Crippen LogP contribution in [0.15, 0.2) is 0 Å². The summed E-state index contributed by atoms with van der Waals surface area (Å²) in [5.74, 6) is 0. The molecule has 0 spiro atoms. The topological polar surface area (TPSA) is 41.6 Å². The van der Waals surface area contributed by atoms with Gasteiger partial charge in [-0.1, -0.05) is 52.4 Å². The predicted molar refractivity (Wildman–Crippen MR) is 92.2 cm³/mol. The minimum Gasteiger partial charge on any atom is -0.453 e. The Morgan fingerprint density at radius 3 is 2.64 bits per heavy atom. The van der Waals surface area contributed by atoms with E-state index in [2.05, 4.69) is 24.1 Å². The molecule has 2 atom stereocenters. The van der Waals surface area contributed by atoms with Crippen LogP contribution in [0.4, 0.5) is 4.79 Å². The minimum atomic E-state index is -0.293. The molecule has 0 bridgehead atoms. The van der Waals surface area contributed by atoms with Crippen LogP contribution in [-0.2, 0) is 4.74 Å². The number of carbonyl (C=O) groups is 1. The van der Waals surface area contributed by atoms with Gasteiger partial charge in [-0.25, -0.2) is 4.79 Å². The molecule has 0 radical (unpaired) electrons. The predicted octanol–water partition coefficient (Wildman–Crippen LogP) is 4.34. The largest absolute Gasteiger partial charge is 0.453 e. The number of rotatable bonds is 10. The molecule has 1 amide bonds. The Kier molecular flexibility index (Phi) is 10.3. The second-order valence-electron chi connectivity index (χ2n) is 6.62. The van der Waals surface area contributed by atoms with E-state index in [0.717, 1.165) is 13.0 Å². The van der Waals surface area contributed by atoms with Crippen molar-refractivity contribution < 1.29 is 9.53 Å². The number of carbonyl (C=O) groups excluding carboxylic acids is 1. The van der Waals surface area contributed by atoms with E-state index in [1.807, 2.05) is 0 Å².